The van der Waals surface area contributed by atoms with Crippen molar-refractivity contribution in [1.82, 2.24) is 20.5 Å². The number of piperazine rings is 1. The summed E-state index contributed by atoms with van der Waals surface area (Å²) >= 11 is 1.68. The molecule has 8 heteroatoms. The largest absolute Gasteiger partial charge is 0.354 e. The maximum Gasteiger partial charge on any atom is 0.191 e. The second kappa shape index (κ2) is 11.9. The van der Waals surface area contributed by atoms with Crippen LogP contribution >= 0.6 is 11.8 Å². The maximum absolute atomic E-state index is 13.5. The Kier molecular flexibility index (Phi) is 8.97. The quantitative estimate of drug-likeness (QED) is 0.482. The first-order valence-electron chi connectivity index (χ1n) is 10.8. The number of hydrogen-bond acceptors (Lipinski definition) is 5. The first kappa shape index (κ1) is 23.3. The van der Waals surface area contributed by atoms with Crippen molar-refractivity contribution in [3.05, 3.63) is 59.0 Å². The van der Waals surface area contributed by atoms with Gasteiger partial charge in [0.2, 0.25) is 0 Å². The maximum atomic E-state index is 13.5. The van der Waals surface area contributed by atoms with Gasteiger partial charge >= 0.3 is 0 Å². The Labute approximate surface area is 189 Å². The number of rotatable bonds is 8. The molecular weight excluding hydrogens is 411 g/mol. The van der Waals surface area contributed by atoms with Gasteiger partial charge < -0.3 is 20.4 Å². The van der Waals surface area contributed by atoms with E-state index in [0.717, 1.165) is 61.0 Å². The number of aromatic nitrogens is 1. The van der Waals surface area contributed by atoms with Crippen LogP contribution < -0.4 is 15.5 Å². The van der Waals surface area contributed by atoms with E-state index < -0.39 is 0 Å². The first-order valence-corrected chi connectivity index (χ1v) is 12.1. The van der Waals surface area contributed by atoms with E-state index in [-0.39, 0.29) is 5.82 Å². The molecule has 168 valence electrons. The fourth-order valence-electron chi connectivity index (χ4n) is 3.64. The number of aliphatic imine (C=N–C) groups is 1. The summed E-state index contributed by atoms with van der Waals surface area (Å²) in [5.74, 6) is 2.34. The van der Waals surface area contributed by atoms with E-state index in [1.807, 2.05) is 18.5 Å². The molecule has 31 heavy (non-hydrogen) atoms. The van der Waals surface area contributed by atoms with Crippen molar-refractivity contribution in [3.8, 4) is 0 Å². The number of nitrogens with one attached hydrogen (secondary N) is 2. The number of benzene rings is 1. The molecule has 1 aromatic carbocycles. The molecule has 0 atom stereocenters. The van der Waals surface area contributed by atoms with Gasteiger partial charge in [-0.1, -0.05) is 19.1 Å². The SMILES string of the molecule is CCN1CCN(c2ccc(CNC(=NC)NCc3ccc(F)cc3CSC)cn2)CC1. The second-order valence-corrected chi connectivity index (χ2v) is 8.44. The highest BCUT2D eigenvalue weighted by molar-refractivity contribution is 7.97. The summed E-state index contributed by atoms with van der Waals surface area (Å²) in [7, 11) is 1.75. The van der Waals surface area contributed by atoms with Gasteiger partial charge in [-0.05, 0) is 47.7 Å². The van der Waals surface area contributed by atoms with Crippen LogP contribution in [0, 0.1) is 5.82 Å². The lowest BCUT2D eigenvalue weighted by Crippen LogP contribution is -2.46. The molecule has 1 aliphatic heterocycles. The van der Waals surface area contributed by atoms with Gasteiger partial charge in [0.25, 0.3) is 0 Å². The van der Waals surface area contributed by atoms with Crippen molar-refractivity contribution in [2.24, 2.45) is 4.99 Å². The molecule has 1 fully saturated rings. The highest BCUT2D eigenvalue weighted by Gasteiger charge is 2.16. The molecule has 0 spiro atoms. The number of pyridine rings is 1. The predicted octanol–water partition coefficient (Wildman–Crippen LogP) is 3.09. The van der Waals surface area contributed by atoms with Crippen molar-refractivity contribution in [2.75, 3.05) is 50.9 Å². The van der Waals surface area contributed by atoms with E-state index in [4.69, 9.17) is 0 Å². The summed E-state index contributed by atoms with van der Waals surface area (Å²) in [6.45, 7) is 8.79. The minimum atomic E-state index is -0.196. The van der Waals surface area contributed by atoms with Gasteiger partial charge in [-0.3, -0.25) is 4.99 Å². The number of nitrogens with zero attached hydrogens (tertiary/aromatic N) is 4. The van der Waals surface area contributed by atoms with Gasteiger partial charge in [-0.2, -0.15) is 11.8 Å². The zero-order chi connectivity index (χ0) is 22.1. The van der Waals surface area contributed by atoms with E-state index in [0.29, 0.717) is 19.0 Å². The van der Waals surface area contributed by atoms with E-state index in [2.05, 4.69) is 49.5 Å². The molecule has 2 N–H and O–H groups in total. The Morgan fingerprint density at radius 1 is 1.10 bits per heavy atom. The Bertz CT molecular complexity index is 850. The molecule has 1 aromatic heterocycles. The summed E-state index contributed by atoms with van der Waals surface area (Å²) in [6, 6.07) is 9.17. The van der Waals surface area contributed by atoms with E-state index in [1.165, 1.54) is 6.07 Å². The number of halogens is 1. The van der Waals surface area contributed by atoms with Gasteiger partial charge in [-0.15, -0.1) is 0 Å². The summed E-state index contributed by atoms with van der Waals surface area (Å²) in [5.41, 5.74) is 3.19. The van der Waals surface area contributed by atoms with E-state index >= 15 is 0 Å². The molecule has 1 aliphatic rings. The lowest BCUT2D eigenvalue weighted by molar-refractivity contribution is 0.270. The molecule has 0 radical (unpaired) electrons. The monoisotopic (exact) mass is 444 g/mol. The van der Waals surface area contributed by atoms with Crippen molar-refractivity contribution < 1.29 is 4.39 Å². The number of hydrogen-bond donors (Lipinski definition) is 2. The average molecular weight is 445 g/mol. The summed E-state index contributed by atoms with van der Waals surface area (Å²) in [4.78, 5) is 13.8. The van der Waals surface area contributed by atoms with Crippen LogP contribution in [0.4, 0.5) is 10.2 Å². The minimum absolute atomic E-state index is 0.196. The smallest absolute Gasteiger partial charge is 0.191 e. The summed E-state index contributed by atoms with van der Waals surface area (Å²) in [6.07, 6.45) is 3.95. The minimum Gasteiger partial charge on any atom is -0.354 e. The highest BCUT2D eigenvalue weighted by atomic mass is 32.2. The van der Waals surface area contributed by atoms with Crippen LogP contribution in [0.1, 0.15) is 23.6 Å². The highest BCUT2D eigenvalue weighted by Crippen LogP contribution is 2.17. The fraction of sp³-hybridized carbons (Fsp3) is 0.478. The standard InChI is InChI=1S/C23H33FN6S/c1-4-29-9-11-30(12-10-29)22-8-5-18(14-26-22)15-27-23(25-2)28-16-19-6-7-21(24)13-20(19)17-31-3/h5-8,13-14H,4,9-12,15-17H2,1-3H3,(H2,25,27,28). The number of anilines is 1. The van der Waals surface area contributed by atoms with Crippen LogP contribution in [0.2, 0.25) is 0 Å². The average Bonchev–Trinajstić information content (AvgIpc) is 2.81. The Morgan fingerprint density at radius 3 is 2.52 bits per heavy atom. The van der Waals surface area contributed by atoms with Crippen LogP contribution in [0.15, 0.2) is 41.5 Å². The Hall–Kier alpha value is -2.32. The molecule has 2 aromatic rings. The molecule has 0 amide bonds. The third-order valence-electron chi connectivity index (χ3n) is 5.55. The van der Waals surface area contributed by atoms with E-state index in [1.54, 1.807) is 24.9 Å². The molecule has 0 unspecified atom stereocenters. The summed E-state index contributed by atoms with van der Waals surface area (Å²) < 4.78 is 13.5. The molecule has 3 rings (SSSR count). The van der Waals surface area contributed by atoms with Crippen molar-refractivity contribution >= 4 is 23.5 Å². The van der Waals surface area contributed by atoms with Crippen LogP contribution in [0.3, 0.4) is 0 Å². The van der Waals surface area contributed by atoms with Gasteiger partial charge in [0.15, 0.2) is 5.96 Å². The zero-order valence-corrected chi connectivity index (χ0v) is 19.5. The normalized spacial score (nSPS) is 15.2. The number of likely N-dealkylation sites (N-methyl/N-ethyl adjacent to an activating group) is 1. The van der Waals surface area contributed by atoms with Crippen LogP contribution in [0.25, 0.3) is 0 Å². The predicted molar refractivity (Wildman–Crippen MR) is 129 cm³/mol. The first-order chi connectivity index (χ1) is 15.1. The van der Waals surface area contributed by atoms with Crippen molar-refractivity contribution in [2.45, 2.75) is 25.8 Å². The molecule has 0 aliphatic carbocycles. The third kappa shape index (κ3) is 6.83. The lowest BCUT2D eigenvalue weighted by atomic mass is 10.1. The van der Waals surface area contributed by atoms with Gasteiger partial charge in [0.05, 0.1) is 0 Å². The zero-order valence-electron chi connectivity index (χ0n) is 18.7. The van der Waals surface area contributed by atoms with Crippen LogP contribution in [-0.4, -0.2) is 61.9 Å². The molecular formula is C23H33FN6S. The van der Waals surface area contributed by atoms with Gasteiger partial charge in [0.1, 0.15) is 11.6 Å². The topological polar surface area (TPSA) is 55.8 Å². The second-order valence-electron chi connectivity index (χ2n) is 7.57. The third-order valence-corrected chi connectivity index (χ3v) is 6.15. The van der Waals surface area contributed by atoms with Crippen LogP contribution in [0.5, 0.6) is 0 Å². The molecule has 6 nitrogen and oxygen atoms in total. The van der Waals surface area contributed by atoms with Gasteiger partial charge in [-0.25, -0.2) is 9.37 Å². The molecule has 0 bridgehead atoms. The van der Waals surface area contributed by atoms with Crippen molar-refractivity contribution in [3.63, 3.8) is 0 Å². The fourth-order valence-corrected chi connectivity index (χ4v) is 4.22. The Morgan fingerprint density at radius 2 is 1.87 bits per heavy atom. The Balaban J connectivity index is 1.50. The number of thioether (sulfide) groups is 1. The van der Waals surface area contributed by atoms with Crippen molar-refractivity contribution in [1.29, 1.82) is 0 Å². The molecule has 1 saturated heterocycles. The van der Waals surface area contributed by atoms with Crippen LogP contribution in [-0.2, 0) is 18.8 Å². The number of guanidine groups is 1. The molecule has 2 heterocycles. The van der Waals surface area contributed by atoms with Gasteiger partial charge in [0, 0.05) is 58.3 Å². The molecule has 0 saturated carbocycles. The lowest BCUT2D eigenvalue weighted by Gasteiger charge is -2.34. The van der Waals surface area contributed by atoms with E-state index in [9.17, 15) is 4.39 Å². The summed E-state index contributed by atoms with van der Waals surface area (Å²) in [5, 5.41) is 6.65.